The first-order valence-corrected chi connectivity index (χ1v) is 10.0. The maximum absolute atomic E-state index is 12.3. The fourth-order valence-electron chi connectivity index (χ4n) is 3.71. The van der Waals surface area contributed by atoms with Crippen LogP contribution in [-0.4, -0.2) is 82.6 Å². The Kier molecular flexibility index (Phi) is 7.05. The minimum Gasteiger partial charge on any atom is -0.447 e. The molecule has 1 amide bonds. The van der Waals surface area contributed by atoms with Crippen molar-refractivity contribution in [1.82, 2.24) is 19.7 Å². The Morgan fingerprint density at radius 2 is 1.88 bits per heavy atom. The molecule has 0 unspecified atom stereocenters. The fourth-order valence-corrected chi connectivity index (χ4v) is 3.71. The van der Waals surface area contributed by atoms with Gasteiger partial charge in [0, 0.05) is 45.8 Å². The molecular formula is C19H32N4O3. The van der Waals surface area contributed by atoms with Crippen molar-refractivity contribution >= 4 is 5.91 Å². The lowest BCUT2D eigenvalue weighted by Gasteiger charge is -2.35. The van der Waals surface area contributed by atoms with E-state index in [2.05, 4.69) is 21.7 Å². The number of rotatable bonds is 8. The van der Waals surface area contributed by atoms with Crippen molar-refractivity contribution in [3.05, 3.63) is 17.8 Å². The van der Waals surface area contributed by atoms with Gasteiger partial charge in [0.25, 0.3) is 5.91 Å². The van der Waals surface area contributed by atoms with E-state index < -0.39 is 0 Å². The highest BCUT2D eigenvalue weighted by molar-refractivity contribution is 5.92. The van der Waals surface area contributed by atoms with Gasteiger partial charge in [0.2, 0.25) is 5.89 Å². The molecule has 146 valence electrons. The van der Waals surface area contributed by atoms with Crippen LogP contribution in [0, 0.1) is 0 Å². The van der Waals surface area contributed by atoms with Gasteiger partial charge in [-0.25, -0.2) is 4.98 Å². The van der Waals surface area contributed by atoms with Crippen molar-refractivity contribution in [3.63, 3.8) is 0 Å². The number of aliphatic hydroxyl groups excluding tert-OH is 1. The van der Waals surface area contributed by atoms with Gasteiger partial charge in [-0.3, -0.25) is 14.6 Å². The topological polar surface area (TPSA) is 73.1 Å². The third-order valence-corrected chi connectivity index (χ3v) is 5.35. The van der Waals surface area contributed by atoms with Crippen LogP contribution >= 0.6 is 0 Å². The van der Waals surface area contributed by atoms with Gasteiger partial charge in [-0.2, -0.15) is 0 Å². The van der Waals surface area contributed by atoms with E-state index in [1.54, 1.807) is 0 Å². The zero-order valence-electron chi connectivity index (χ0n) is 15.9. The molecule has 2 aliphatic rings. The molecule has 0 bridgehead atoms. The Labute approximate surface area is 156 Å². The van der Waals surface area contributed by atoms with Crippen LogP contribution in [0.4, 0.5) is 0 Å². The molecule has 2 aliphatic heterocycles. The van der Waals surface area contributed by atoms with Crippen molar-refractivity contribution in [2.75, 3.05) is 45.8 Å². The minimum atomic E-state index is -0.215. The second kappa shape index (κ2) is 9.48. The van der Waals surface area contributed by atoms with E-state index in [0.717, 1.165) is 77.9 Å². The van der Waals surface area contributed by atoms with Gasteiger partial charge < -0.3 is 14.4 Å². The molecule has 26 heavy (non-hydrogen) atoms. The number of nitrogens with zero attached hydrogens (tertiary/aromatic N) is 4. The molecule has 7 heteroatoms. The number of carbonyl (C=O) groups is 1. The molecule has 0 aromatic carbocycles. The Morgan fingerprint density at radius 3 is 2.58 bits per heavy atom. The Bertz CT molecular complexity index is 563. The average molecular weight is 364 g/mol. The number of β-amino-alcohol motifs (C(OH)–C–C–N with tert-alkyl or cyclic N) is 1. The summed E-state index contributed by atoms with van der Waals surface area (Å²) in [4.78, 5) is 23.2. The lowest BCUT2D eigenvalue weighted by atomic mass is 10.1. The monoisotopic (exact) mass is 364 g/mol. The smallest absolute Gasteiger partial charge is 0.275 e. The number of aromatic nitrogens is 1. The average Bonchev–Trinajstić information content (AvgIpc) is 3.33. The second-order valence-electron chi connectivity index (χ2n) is 7.50. The highest BCUT2D eigenvalue weighted by atomic mass is 16.3. The number of piperazine rings is 1. The van der Waals surface area contributed by atoms with Crippen molar-refractivity contribution in [3.8, 4) is 0 Å². The quantitative estimate of drug-likeness (QED) is 0.755. The predicted octanol–water partition coefficient (Wildman–Crippen LogP) is 1.58. The molecule has 3 heterocycles. The molecule has 0 radical (unpaired) electrons. The summed E-state index contributed by atoms with van der Waals surface area (Å²) in [7, 11) is 0. The number of carbonyl (C=O) groups excluding carboxylic acids is 1. The molecule has 7 nitrogen and oxygen atoms in total. The van der Waals surface area contributed by atoms with Crippen LogP contribution in [0.15, 0.2) is 10.7 Å². The maximum Gasteiger partial charge on any atom is 0.275 e. The summed E-state index contributed by atoms with van der Waals surface area (Å²) in [5.74, 6) is 0.604. The summed E-state index contributed by atoms with van der Waals surface area (Å²) in [5.41, 5.74) is 0.430. The first-order valence-electron chi connectivity index (χ1n) is 10.0. The van der Waals surface area contributed by atoms with E-state index in [4.69, 9.17) is 4.42 Å². The normalized spacial score (nSPS) is 20.6. The summed E-state index contributed by atoms with van der Waals surface area (Å²) in [6.45, 7) is 8.96. The summed E-state index contributed by atoms with van der Waals surface area (Å²) in [6, 6.07) is 0. The van der Waals surface area contributed by atoms with Crippen LogP contribution in [0.5, 0.6) is 0 Å². The number of hydrogen-bond donors (Lipinski definition) is 1. The van der Waals surface area contributed by atoms with E-state index in [9.17, 15) is 9.90 Å². The number of aliphatic hydroxyl groups is 1. The maximum atomic E-state index is 12.3. The van der Waals surface area contributed by atoms with Crippen LogP contribution in [0.3, 0.4) is 0 Å². The van der Waals surface area contributed by atoms with E-state index in [-0.39, 0.29) is 12.0 Å². The van der Waals surface area contributed by atoms with Gasteiger partial charge in [-0.1, -0.05) is 19.8 Å². The van der Waals surface area contributed by atoms with Gasteiger partial charge in [0.15, 0.2) is 5.69 Å². The van der Waals surface area contributed by atoms with Crippen molar-refractivity contribution in [2.24, 2.45) is 0 Å². The van der Waals surface area contributed by atoms with Crippen LogP contribution in [-0.2, 0) is 6.54 Å². The number of likely N-dealkylation sites (tertiary alicyclic amines) is 1. The van der Waals surface area contributed by atoms with Crippen LogP contribution in [0.1, 0.15) is 55.4 Å². The highest BCUT2D eigenvalue weighted by Gasteiger charge is 2.24. The number of amides is 1. The lowest BCUT2D eigenvalue weighted by molar-refractivity contribution is 0.0627. The van der Waals surface area contributed by atoms with E-state index in [0.29, 0.717) is 18.1 Å². The van der Waals surface area contributed by atoms with E-state index >= 15 is 0 Å². The van der Waals surface area contributed by atoms with E-state index in [1.165, 1.54) is 6.26 Å². The number of hydrogen-bond acceptors (Lipinski definition) is 6. The van der Waals surface area contributed by atoms with Gasteiger partial charge in [-0.15, -0.1) is 0 Å². The zero-order chi connectivity index (χ0) is 18.4. The molecule has 1 aromatic heterocycles. The van der Waals surface area contributed by atoms with Crippen molar-refractivity contribution in [2.45, 2.75) is 51.7 Å². The third kappa shape index (κ3) is 5.28. The summed E-state index contributed by atoms with van der Waals surface area (Å²) >= 11 is 0. The molecule has 0 spiro atoms. The summed E-state index contributed by atoms with van der Waals surface area (Å²) < 4.78 is 5.53. The zero-order valence-corrected chi connectivity index (χ0v) is 15.9. The molecule has 1 aromatic rings. The SMILES string of the molecule is CCCC[C@H](O)CN1CCN(Cc2nc(C(=O)N3CCCC3)co2)CC1. The largest absolute Gasteiger partial charge is 0.447 e. The third-order valence-electron chi connectivity index (χ3n) is 5.35. The van der Waals surface area contributed by atoms with Crippen molar-refractivity contribution < 1.29 is 14.3 Å². The molecule has 1 N–H and O–H groups in total. The molecule has 0 saturated carbocycles. The highest BCUT2D eigenvalue weighted by Crippen LogP contribution is 2.14. The Hall–Kier alpha value is -1.44. The van der Waals surface area contributed by atoms with Crippen molar-refractivity contribution in [1.29, 1.82) is 0 Å². The fraction of sp³-hybridized carbons (Fsp3) is 0.789. The van der Waals surface area contributed by atoms with Crippen LogP contribution < -0.4 is 0 Å². The molecule has 2 fully saturated rings. The lowest BCUT2D eigenvalue weighted by Crippen LogP contribution is -2.48. The molecule has 2 saturated heterocycles. The van der Waals surface area contributed by atoms with Gasteiger partial charge in [0.05, 0.1) is 12.6 Å². The summed E-state index contributed by atoms with van der Waals surface area (Å²) in [6.07, 6.45) is 6.54. The van der Waals surface area contributed by atoms with E-state index in [1.807, 2.05) is 4.90 Å². The van der Waals surface area contributed by atoms with Gasteiger partial charge in [0.1, 0.15) is 6.26 Å². The molecule has 3 rings (SSSR count). The molecular weight excluding hydrogens is 332 g/mol. The summed E-state index contributed by atoms with van der Waals surface area (Å²) in [5, 5.41) is 10.1. The Morgan fingerprint density at radius 1 is 1.19 bits per heavy atom. The minimum absolute atomic E-state index is 0.0108. The standard InChI is InChI=1S/C19H32N4O3/c1-2-3-6-16(24)13-21-9-11-22(12-10-21)14-18-20-17(15-26-18)19(25)23-7-4-5-8-23/h15-16,24H,2-14H2,1H3/t16-/m0/s1. The van der Waals surface area contributed by atoms with Crippen LogP contribution in [0.25, 0.3) is 0 Å². The predicted molar refractivity (Wildman–Crippen MR) is 98.9 cm³/mol. The van der Waals surface area contributed by atoms with Gasteiger partial charge >= 0.3 is 0 Å². The molecule has 1 atom stereocenters. The Balaban J connectivity index is 1.41. The first kappa shape index (κ1) is 19.3. The second-order valence-corrected chi connectivity index (χ2v) is 7.50. The number of oxazole rings is 1. The van der Waals surface area contributed by atoms with Gasteiger partial charge in [-0.05, 0) is 19.3 Å². The number of unbranched alkanes of at least 4 members (excludes halogenated alkanes) is 1. The molecule has 0 aliphatic carbocycles. The van der Waals surface area contributed by atoms with Crippen LogP contribution in [0.2, 0.25) is 0 Å². The first-order chi connectivity index (χ1) is 12.7.